The summed E-state index contributed by atoms with van der Waals surface area (Å²) in [6.45, 7) is 3.17. The average Bonchev–Trinajstić information content (AvgIpc) is 3.17. The molecule has 0 bridgehead atoms. The van der Waals surface area contributed by atoms with Gasteiger partial charge in [-0.2, -0.15) is 0 Å². The third-order valence-electron chi connectivity index (χ3n) is 4.67. The van der Waals surface area contributed by atoms with E-state index < -0.39 is 0 Å². The van der Waals surface area contributed by atoms with E-state index in [1.165, 1.54) is 23.7 Å². The fourth-order valence-corrected chi connectivity index (χ4v) is 4.47. The normalized spacial score (nSPS) is 13.5. The number of nitrogens with two attached hydrogens (primary N) is 2. The number of aryl methyl sites for hydroxylation is 2. The van der Waals surface area contributed by atoms with Crippen molar-refractivity contribution in [3.63, 3.8) is 0 Å². The molecule has 0 atom stereocenters. The lowest BCUT2D eigenvalue weighted by atomic mass is 10.0. The summed E-state index contributed by atoms with van der Waals surface area (Å²) in [5.74, 6) is 0.572. The second kappa shape index (κ2) is 6.69. The lowest BCUT2D eigenvalue weighted by Crippen LogP contribution is -2.11. The molecule has 0 fully saturated rings. The molecule has 26 heavy (non-hydrogen) atoms. The van der Waals surface area contributed by atoms with Crippen LogP contribution in [0.1, 0.15) is 34.8 Å². The summed E-state index contributed by atoms with van der Waals surface area (Å²) in [7, 11) is 0. The number of carbonyl (C=O) groups is 1. The van der Waals surface area contributed by atoms with Gasteiger partial charge in [-0.3, -0.25) is 4.79 Å². The third kappa shape index (κ3) is 2.75. The molecule has 1 aliphatic carbocycles. The van der Waals surface area contributed by atoms with Crippen molar-refractivity contribution >= 4 is 34.5 Å². The maximum Gasteiger partial charge on any atom is 0.175 e. The van der Waals surface area contributed by atoms with Crippen LogP contribution in [0.2, 0.25) is 0 Å². The summed E-state index contributed by atoms with van der Waals surface area (Å²) in [4.78, 5) is 26.2. The first-order chi connectivity index (χ1) is 12.6. The van der Waals surface area contributed by atoms with Crippen LogP contribution in [-0.4, -0.2) is 31.8 Å². The van der Waals surface area contributed by atoms with Crippen LogP contribution in [0.4, 0.5) is 5.82 Å². The highest BCUT2D eigenvalue weighted by molar-refractivity contribution is 7.99. The van der Waals surface area contributed by atoms with Gasteiger partial charge >= 0.3 is 0 Å². The molecule has 7 nitrogen and oxygen atoms in total. The minimum atomic E-state index is 0.218. The van der Waals surface area contributed by atoms with Gasteiger partial charge in [-0.1, -0.05) is 24.8 Å². The molecule has 2 aromatic heterocycles. The SMILES string of the molecule is CCc1cc2c(cc1Sc1nc3c(N)ncnc3n1CCN)C(=O)CC2. The van der Waals surface area contributed by atoms with Crippen LogP contribution in [-0.2, 0) is 19.4 Å². The summed E-state index contributed by atoms with van der Waals surface area (Å²) >= 11 is 1.53. The molecule has 0 unspecified atom stereocenters. The lowest BCUT2D eigenvalue weighted by molar-refractivity contribution is 0.0994. The summed E-state index contributed by atoms with van der Waals surface area (Å²) in [5.41, 5.74) is 16.2. The number of hydrogen-bond acceptors (Lipinski definition) is 7. The fraction of sp³-hybridized carbons (Fsp3) is 0.333. The predicted octanol–water partition coefficient (Wildman–Crippen LogP) is 2.21. The van der Waals surface area contributed by atoms with Crippen molar-refractivity contribution < 1.29 is 4.79 Å². The van der Waals surface area contributed by atoms with Crippen molar-refractivity contribution in [2.45, 2.75) is 42.8 Å². The van der Waals surface area contributed by atoms with E-state index in [4.69, 9.17) is 11.5 Å². The first-order valence-electron chi connectivity index (χ1n) is 8.66. The van der Waals surface area contributed by atoms with Gasteiger partial charge in [-0.25, -0.2) is 15.0 Å². The number of anilines is 1. The predicted molar refractivity (Wildman–Crippen MR) is 101 cm³/mol. The van der Waals surface area contributed by atoms with Crippen molar-refractivity contribution in [1.29, 1.82) is 0 Å². The largest absolute Gasteiger partial charge is 0.382 e. The first kappa shape index (κ1) is 17.0. The molecule has 8 heteroatoms. The number of benzene rings is 1. The van der Waals surface area contributed by atoms with Gasteiger partial charge in [0.1, 0.15) is 6.33 Å². The van der Waals surface area contributed by atoms with E-state index in [2.05, 4.69) is 27.9 Å². The van der Waals surface area contributed by atoms with E-state index in [0.717, 1.165) is 34.0 Å². The smallest absolute Gasteiger partial charge is 0.175 e. The Morgan fingerprint density at radius 2 is 2.12 bits per heavy atom. The van der Waals surface area contributed by atoms with Crippen molar-refractivity contribution in [3.05, 3.63) is 35.2 Å². The third-order valence-corrected chi connectivity index (χ3v) is 5.76. The summed E-state index contributed by atoms with van der Waals surface area (Å²) < 4.78 is 1.96. The van der Waals surface area contributed by atoms with Crippen LogP contribution in [0.3, 0.4) is 0 Å². The van der Waals surface area contributed by atoms with E-state index in [1.807, 2.05) is 10.6 Å². The van der Waals surface area contributed by atoms with Gasteiger partial charge in [-0.15, -0.1) is 0 Å². The van der Waals surface area contributed by atoms with Crippen molar-refractivity contribution in [1.82, 2.24) is 19.5 Å². The second-order valence-electron chi connectivity index (χ2n) is 6.26. The molecule has 134 valence electrons. The van der Waals surface area contributed by atoms with Gasteiger partial charge < -0.3 is 16.0 Å². The Bertz CT molecular complexity index is 1010. The molecular weight excluding hydrogens is 348 g/mol. The second-order valence-corrected chi connectivity index (χ2v) is 7.27. The van der Waals surface area contributed by atoms with E-state index in [0.29, 0.717) is 36.5 Å². The van der Waals surface area contributed by atoms with Gasteiger partial charge in [0.2, 0.25) is 0 Å². The number of rotatable bonds is 5. The minimum Gasteiger partial charge on any atom is -0.382 e. The zero-order valence-corrected chi connectivity index (χ0v) is 15.3. The van der Waals surface area contributed by atoms with Crippen molar-refractivity contribution in [2.75, 3.05) is 12.3 Å². The van der Waals surface area contributed by atoms with E-state index in [9.17, 15) is 4.79 Å². The van der Waals surface area contributed by atoms with Crippen LogP contribution in [0.15, 0.2) is 28.5 Å². The molecule has 1 aliphatic rings. The Balaban J connectivity index is 1.83. The maximum absolute atomic E-state index is 12.1. The van der Waals surface area contributed by atoms with Crippen LogP contribution in [0.25, 0.3) is 11.2 Å². The van der Waals surface area contributed by atoms with E-state index in [1.54, 1.807) is 0 Å². The zero-order chi connectivity index (χ0) is 18.3. The quantitative estimate of drug-likeness (QED) is 0.710. The van der Waals surface area contributed by atoms with Gasteiger partial charge in [0.05, 0.1) is 0 Å². The average molecular weight is 368 g/mol. The molecule has 2 heterocycles. The molecule has 0 saturated carbocycles. The summed E-state index contributed by atoms with van der Waals surface area (Å²) in [6.07, 6.45) is 3.77. The van der Waals surface area contributed by atoms with Crippen LogP contribution in [0.5, 0.6) is 0 Å². The van der Waals surface area contributed by atoms with E-state index in [-0.39, 0.29) is 5.78 Å². The van der Waals surface area contributed by atoms with Gasteiger partial charge in [0.25, 0.3) is 0 Å². The monoisotopic (exact) mass is 368 g/mol. The highest BCUT2D eigenvalue weighted by Crippen LogP contribution is 2.36. The van der Waals surface area contributed by atoms with Crippen molar-refractivity contribution in [3.8, 4) is 0 Å². The number of hydrogen-bond donors (Lipinski definition) is 2. The lowest BCUT2D eigenvalue weighted by Gasteiger charge is -2.11. The maximum atomic E-state index is 12.1. The molecule has 0 saturated heterocycles. The molecule has 4 rings (SSSR count). The zero-order valence-electron chi connectivity index (χ0n) is 14.5. The van der Waals surface area contributed by atoms with Crippen molar-refractivity contribution in [2.24, 2.45) is 5.73 Å². The Morgan fingerprint density at radius 3 is 2.88 bits per heavy atom. The Morgan fingerprint density at radius 1 is 1.27 bits per heavy atom. The number of nitrogens with zero attached hydrogens (tertiary/aromatic N) is 4. The van der Waals surface area contributed by atoms with Gasteiger partial charge in [-0.05, 0) is 30.0 Å². The molecule has 0 spiro atoms. The highest BCUT2D eigenvalue weighted by Gasteiger charge is 2.23. The Kier molecular flexibility index (Phi) is 4.37. The number of Topliss-reactive ketones (excluding diaryl/α,β-unsaturated/α-hetero) is 1. The summed E-state index contributed by atoms with van der Waals surface area (Å²) in [5, 5.41) is 0.762. The van der Waals surface area contributed by atoms with Gasteiger partial charge in [0, 0.05) is 30.0 Å². The number of fused-ring (bicyclic) bond motifs is 2. The molecule has 0 amide bonds. The minimum absolute atomic E-state index is 0.218. The van der Waals surface area contributed by atoms with E-state index >= 15 is 0 Å². The summed E-state index contributed by atoms with van der Waals surface area (Å²) in [6, 6.07) is 4.17. The van der Waals surface area contributed by atoms with Crippen LogP contribution < -0.4 is 11.5 Å². The molecule has 1 aromatic carbocycles. The fourth-order valence-electron chi connectivity index (χ4n) is 3.34. The first-order valence-corrected chi connectivity index (χ1v) is 9.47. The standard InChI is InChI=1S/C18H20N6OS/c1-2-10-7-11-3-4-13(25)12(11)8-14(10)26-18-23-15-16(20)21-9-22-17(15)24(18)6-5-19/h7-9H,2-6,19H2,1H3,(H2,20,21,22). The molecule has 3 aromatic rings. The van der Waals surface area contributed by atoms with Crippen LogP contribution in [0, 0.1) is 0 Å². The van der Waals surface area contributed by atoms with Gasteiger partial charge in [0.15, 0.2) is 27.9 Å². The number of aromatic nitrogens is 4. The number of ketones is 1. The molecule has 4 N–H and O–H groups in total. The number of carbonyl (C=O) groups excluding carboxylic acids is 1. The topological polar surface area (TPSA) is 113 Å². The molecule has 0 radical (unpaired) electrons. The highest BCUT2D eigenvalue weighted by atomic mass is 32.2. The number of nitrogen functional groups attached to an aromatic ring is 1. The Hall–Kier alpha value is -2.45. The Labute approximate surface area is 155 Å². The molecule has 0 aliphatic heterocycles. The number of imidazole rings is 1. The van der Waals surface area contributed by atoms with Crippen LogP contribution >= 0.6 is 11.8 Å². The molecular formula is C18H20N6OS.